The van der Waals surface area contributed by atoms with E-state index in [1.165, 1.54) is 4.68 Å². The van der Waals surface area contributed by atoms with Gasteiger partial charge in [-0.3, -0.25) is 10.1 Å². The van der Waals surface area contributed by atoms with Gasteiger partial charge in [-0.25, -0.2) is 4.68 Å². The summed E-state index contributed by atoms with van der Waals surface area (Å²) < 4.78 is 1.73. The third-order valence-electron chi connectivity index (χ3n) is 1.89. The minimum absolute atomic E-state index is 0.401. The topological polar surface area (TPSA) is 84.5 Å². The Bertz CT molecular complexity index is 487. The van der Waals surface area contributed by atoms with Crippen LogP contribution in [0.5, 0.6) is 0 Å². The number of nitrogens with two attached hydrogens (primary N) is 1. The van der Waals surface area contributed by atoms with E-state index in [4.69, 9.17) is 18.1 Å². The van der Waals surface area contributed by atoms with E-state index < -0.39 is 0 Å². The summed E-state index contributed by atoms with van der Waals surface area (Å²) in [6.07, 6.45) is 3.44. The van der Waals surface area contributed by atoms with Gasteiger partial charge < -0.3 is 11.2 Å². The van der Waals surface area contributed by atoms with Crippen LogP contribution in [0.1, 0.15) is 5.82 Å². The summed E-state index contributed by atoms with van der Waals surface area (Å²) in [5.41, 5.74) is 0.909. The smallest absolute Gasteiger partial charge is 0.214 e. The molecule has 0 radical (unpaired) electrons. The normalized spacial score (nSPS) is 10.1. The van der Waals surface area contributed by atoms with Gasteiger partial charge in [0.05, 0.1) is 12.2 Å². The number of hydrogen-bond acceptors (Lipinski definition) is 5. The van der Waals surface area contributed by atoms with E-state index in [2.05, 4.69) is 20.5 Å². The summed E-state index contributed by atoms with van der Waals surface area (Å²) in [5, 5.41) is 9.70. The van der Waals surface area contributed by atoms with Gasteiger partial charge in [-0.05, 0) is 24.4 Å². The first-order valence-corrected chi connectivity index (χ1v) is 4.73. The predicted octanol–water partition coefficient (Wildman–Crippen LogP) is 0.662. The highest BCUT2D eigenvalue weighted by atomic mass is 32.1. The Hall–Kier alpha value is -1.89. The Morgan fingerprint density at radius 3 is 3.07 bits per heavy atom. The lowest BCUT2D eigenvalue weighted by molar-refractivity contribution is 0.855. The lowest BCUT2D eigenvalue weighted by Crippen LogP contribution is -2.15. The van der Waals surface area contributed by atoms with Gasteiger partial charge in [-0.15, -0.1) is 0 Å². The number of aromatic amines is 1. The maximum absolute atomic E-state index is 5.63. The average Bonchev–Trinajstić information content (AvgIpc) is 2.59. The summed E-state index contributed by atoms with van der Waals surface area (Å²) in [6.45, 7) is 0.495. The quantitative estimate of drug-likeness (QED) is 0.525. The predicted molar refractivity (Wildman–Crippen MR) is 59.1 cm³/mol. The van der Waals surface area contributed by atoms with Crippen molar-refractivity contribution in [3.8, 4) is 0 Å². The molecule has 2 rings (SSSR count). The number of aromatic nitrogens is 4. The largest absolute Gasteiger partial charge is 0.376 e. The summed E-state index contributed by atoms with van der Waals surface area (Å²) >= 11 is 4.88. The van der Waals surface area contributed by atoms with Crippen molar-refractivity contribution in [2.24, 2.45) is 0 Å². The standard InChI is InChI=1S/C8H10N6S/c9-14-7(12-13-8(14)15)5-11-6-2-1-3-10-4-6/h1-4,11H,5,9H2,(H,13,15). The lowest BCUT2D eigenvalue weighted by Gasteiger charge is -2.04. The molecule has 0 aliphatic rings. The number of nitrogens with zero attached hydrogens (tertiary/aromatic N) is 3. The summed E-state index contributed by atoms with van der Waals surface area (Å²) in [6, 6.07) is 3.76. The number of nitrogen functional groups attached to an aromatic ring is 1. The van der Waals surface area contributed by atoms with Gasteiger partial charge in [0, 0.05) is 12.4 Å². The fourth-order valence-corrected chi connectivity index (χ4v) is 1.26. The monoisotopic (exact) mass is 222 g/mol. The molecular weight excluding hydrogens is 212 g/mol. The van der Waals surface area contributed by atoms with Gasteiger partial charge in [0.1, 0.15) is 0 Å². The van der Waals surface area contributed by atoms with Crippen molar-refractivity contribution in [2.75, 3.05) is 11.2 Å². The van der Waals surface area contributed by atoms with Crippen LogP contribution in [-0.2, 0) is 6.54 Å². The van der Waals surface area contributed by atoms with E-state index >= 15 is 0 Å². The molecule has 0 atom stereocenters. The first-order valence-electron chi connectivity index (χ1n) is 4.32. The second-order valence-electron chi connectivity index (χ2n) is 2.91. The van der Waals surface area contributed by atoms with E-state index in [1.807, 2.05) is 12.1 Å². The number of rotatable bonds is 3. The minimum atomic E-state index is 0.401. The highest BCUT2D eigenvalue weighted by Crippen LogP contribution is 2.04. The Kier molecular flexibility index (Phi) is 2.64. The van der Waals surface area contributed by atoms with E-state index in [9.17, 15) is 0 Å². The Morgan fingerprint density at radius 2 is 2.47 bits per heavy atom. The lowest BCUT2D eigenvalue weighted by atomic mass is 10.4. The van der Waals surface area contributed by atoms with Gasteiger partial charge in [-0.1, -0.05) is 0 Å². The molecule has 0 saturated heterocycles. The summed E-state index contributed by atoms with van der Waals surface area (Å²) in [5.74, 6) is 6.27. The van der Waals surface area contributed by atoms with Crippen molar-refractivity contribution >= 4 is 17.9 Å². The van der Waals surface area contributed by atoms with Gasteiger partial charge in [-0.2, -0.15) is 5.10 Å². The maximum atomic E-state index is 5.63. The van der Waals surface area contributed by atoms with E-state index in [0.717, 1.165) is 5.69 Å². The second-order valence-corrected chi connectivity index (χ2v) is 3.30. The molecule has 0 amide bonds. The molecule has 7 heteroatoms. The molecule has 78 valence electrons. The first-order chi connectivity index (χ1) is 7.27. The Balaban J connectivity index is 2.06. The molecule has 2 aromatic rings. The SMILES string of the molecule is Nn1c(CNc2cccnc2)n[nH]c1=S. The van der Waals surface area contributed by atoms with Crippen LogP contribution in [0.25, 0.3) is 0 Å². The Labute approximate surface area is 91.1 Å². The van der Waals surface area contributed by atoms with Crippen LogP contribution in [0.2, 0.25) is 0 Å². The van der Waals surface area contributed by atoms with Crippen molar-refractivity contribution in [1.29, 1.82) is 0 Å². The molecule has 0 aliphatic carbocycles. The number of pyridine rings is 1. The molecule has 0 bridgehead atoms. The van der Waals surface area contributed by atoms with Crippen molar-refractivity contribution < 1.29 is 0 Å². The van der Waals surface area contributed by atoms with Gasteiger partial charge in [0.15, 0.2) is 5.82 Å². The van der Waals surface area contributed by atoms with Crippen LogP contribution in [0.3, 0.4) is 0 Å². The summed E-state index contributed by atoms with van der Waals surface area (Å²) in [7, 11) is 0. The second kappa shape index (κ2) is 4.09. The van der Waals surface area contributed by atoms with Crippen LogP contribution in [-0.4, -0.2) is 19.9 Å². The van der Waals surface area contributed by atoms with Crippen molar-refractivity contribution in [3.63, 3.8) is 0 Å². The van der Waals surface area contributed by atoms with E-state index in [-0.39, 0.29) is 0 Å². The van der Waals surface area contributed by atoms with Crippen molar-refractivity contribution in [2.45, 2.75) is 6.54 Å². The molecule has 6 nitrogen and oxygen atoms in total. The highest BCUT2D eigenvalue weighted by Gasteiger charge is 2.01. The Morgan fingerprint density at radius 1 is 1.60 bits per heavy atom. The maximum Gasteiger partial charge on any atom is 0.214 e. The van der Waals surface area contributed by atoms with E-state index in [1.54, 1.807) is 12.4 Å². The molecule has 0 unspecified atom stereocenters. The van der Waals surface area contributed by atoms with Crippen LogP contribution >= 0.6 is 12.2 Å². The minimum Gasteiger partial charge on any atom is -0.376 e. The molecule has 0 aliphatic heterocycles. The number of nitrogens with one attached hydrogen (secondary N) is 2. The molecule has 4 N–H and O–H groups in total. The zero-order chi connectivity index (χ0) is 10.7. The number of H-pyrrole nitrogens is 1. The fraction of sp³-hybridized carbons (Fsp3) is 0.125. The summed E-state index contributed by atoms with van der Waals surface area (Å²) in [4.78, 5) is 3.98. The molecule has 0 aromatic carbocycles. The third-order valence-corrected chi connectivity index (χ3v) is 2.18. The van der Waals surface area contributed by atoms with Crippen LogP contribution in [0.15, 0.2) is 24.5 Å². The van der Waals surface area contributed by atoms with Crippen LogP contribution in [0.4, 0.5) is 5.69 Å². The van der Waals surface area contributed by atoms with Crippen LogP contribution in [0, 0.1) is 4.77 Å². The molecule has 0 fully saturated rings. The molecule has 0 saturated carbocycles. The average molecular weight is 222 g/mol. The van der Waals surface area contributed by atoms with Gasteiger partial charge in [0.2, 0.25) is 4.77 Å². The first kappa shape index (κ1) is 9.66. The molecule has 15 heavy (non-hydrogen) atoms. The number of hydrogen-bond donors (Lipinski definition) is 3. The zero-order valence-electron chi connectivity index (χ0n) is 7.84. The van der Waals surface area contributed by atoms with Crippen LogP contribution < -0.4 is 11.2 Å². The molecule has 2 heterocycles. The van der Waals surface area contributed by atoms with Gasteiger partial charge in [0.25, 0.3) is 0 Å². The van der Waals surface area contributed by atoms with Crippen molar-refractivity contribution in [1.82, 2.24) is 19.9 Å². The highest BCUT2D eigenvalue weighted by molar-refractivity contribution is 7.71. The zero-order valence-corrected chi connectivity index (χ0v) is 8.66. The molecule has 0 spiro atoms. The fourth-order valence-electron chi connectivity index (χ4n) is 1.11. The molecular formula is C8H10N6S. The third kappa shape index (κ3) is 2.13. The number of anilines is 1. The molecule has 2 aromatic heterocycles. The van der Waals surface area contributed by atoms with Crippen molar-refractivity contribution in [3.05, 3.63) is 35.1 Å². The van der Waals surface area contributed by atoms with E-state index in [0.29, 0.717) is 17.1 Å². The van der Waals surface area contributed by atoms with Gasteiger partial charge >= 0.3 is 0 Å².